The number of amides is 2. The number of aromatic nitrogens is 2. The van der Waals surface area contributed by atoms with Gasteiger partial charge in [-0.05, 0) is 24.3 Å². The van der Waals surface area contributed by atoms with Crippen molar-refractivity contribution in [2.75, 3.05) is 16.8 Å². The third-order valence-electron chi connectivity index (χ3n) is 5.06. The first-order valence-corrected chi connectivity index (χ1v) is 9.61. The van der Waals surface area contributed by atoms with Gasteiger partial charge in [-0.3, -0.25) is 19.7 Å². The van der Waals surface area contributed by atoms with Gasteiger partial charge in [0.1, 0.15) is 5.58 Å². The van der Waals surface area contributed by atoms with Gasteiger partial charge < -0.3 is 13.7 Å². The second kappa shape index (κ2) is 7.52. The van der Waals surface area contributed by atoms with Crippen molar-refractivity contribution in [1.82, 2.24) is 10.2 Å². The quantitative estimate of drug-likeness (QED) is 0.543. The Balaban J connectivity index is 1.32. The van der Waals surface area contributed by atoms with Gasteiger partial charge in [-0.15, -0.1) is 5.10 Å². The van der Waals surface area contributed by atoms with E-state index in [1.165, 1.54) is 0 Å². The molecule has 9 heteroatoms. The average molecular weight is 416 g/mol. The minimum atomic E-state index is -0.688. The Morgan fingerprint density at radius 3 is 2.61 bits per heavy atom. The van der Waals surface area contributed by atoms with Gasteiger partial charge in [0.05, 0.1) is 11.3 Å². The first-order valence-electron chi connectivity index (χ1n) is 9.61. The van der Waals surface area contributed by atoms with Crippen LogP contribution in [0.1, 0.15) is 28.8 Å². The van der Waals surface area contributed by atoms with Crippen LogP contribution >= 0.6 is 0 Å². The van der Waals surface area contributed by atoms with Gasteiger partial charge in [0.2, 0.25) is 11.8 Å². The van der Waals surface area contributed by atoms with Gasteiger partial charge in [-0.2, -0.15) is 0 Å². The highest BCUT2D eigenvalue weighted by Gasteiger charge is 2.35. The van der Waals surface area contributed by atoms with Crippen molar-refractivity contribution in [2.45, 2.75) is 12.3 Å². The van der Waals surface area contributed by atoms with Crippen LogP contribution in [-0.2, 0) is 4.79 Å². The summed E-state index contributed by atoms with van der Waals surface area (Å²) < 4.78 is 11.1. The highest BCUT2D eigenvalue weighted by molar-refractivity contribution is 6.01. The Hall–Kier alpha value is -4.27. The molecule has 0 spiro atoms. The number of hydrogen-bond donors (Lipinski definition) is 1. The number of benzene rings is 2. The molecule has 31 heavy (non-hydrogen) atoms. The van der Waals surface area contributed by atoms with Crippen LogP contribution in [0.15, 0.2) is 74.3 Å². The Morgan fingerprint density at radius 2 is 1.77 bits per heavy atom. The third kappa shape index (κ3) is 3.57. The standard InChI is InChI=1S/C22H16N4O5/c27-16-11-18(30-17-9-5-4-8-15(16)17)20(29)23-22-25-24-21(31-22)13-10-19(28)26(12-13)14-6-2-1-3-7-14/h1-9,11,13H,10,12H2,(H,23,25,29). The number of fused-ring (bicyclic) bond motifs is 1. The van der Waals surface area contributed by atoms with E-state index >= 15 is 0 Å². The molecular formula is C22H16N4O5. The number of nitrogens with zero attached hydrogens (tertiary/aromatic N) is 3. The van der Waals surface area contributed by atoms with E-state index in [0.29, 0.717) is 17.5 Å². The summed E-state index contributed by atoms with van der Waals surface area (Å²) in [6, 6.07) is 16.9. The number of rotatable bonds is 4. The third-order valence-corrected chi connectivity index (χ3v) is 5.06. The van der Waals surface area contributed by atoms with E-state index in [4.69, 9.17) is 8.83 Å². The molecule has 4 aromatic rings. The topological polar surface area (TPSA) is 119 Å². The van der Waals surface area contributed by atoms with Crippen LogP contribution < -0.4 is 15.6 Å². The zero-order valence-electron chi connectivity index (χ0n) is 16.1. The summed E-state index contributed by atoms with van der Waals surface area (Å²) in [6.07, 6.45) is 0.226. The zero-order valence-corrected chi connectivity index (χ0v) is 16.1. The van der Waals surface area contributed by atoms with Crippen LogP contribution in [0.4, 0.5) is 11.7 Å². The molecule has 2 amide bonds. The molecule has 0 aliphatic carbocycles. The Labute approximate surface area is 175 Å². The minimum absolute atomic E-state index is 0.0436. The van der Waals surface area contributed by atoms with E-state index < -0.39 is 5.91 Å². The van der Waals surface area contributed by atoms with Crippen molar-refractivity contribution >= 4 is 34.5 Å². The fraction of sp³-hybridized carbons (Fsp3) is 0.136. The molecular weight excluding hydrogens is 400 g/mol. The highest BCUT2D eigenvalue weighted by atomic mass is 16.4. The lowest BCUT2D eigenvalue weighted by atomic mass is 10.1. The van der Waals surface area contributed by atoms with Gasteiger partial charge in [-0.1, -0.05) is 35.4 Å². The Bertz CT molecular complexity index is 1340. The van der Waals surface area contributed by atoms with Crippen molar-refractivity contribution in [2.24, 2.45) is 0 Å². The molecule has 0 bridgehead atoms. The largest absolute Gasteiger partial charge is 0.451 e. The summed E-state index contributed by atoms with van der Waals surface area (Å²) in [5, 5.41) is 10.6. The first-order chi connectivity index (χ1) is 15.1. The van der Waals surface area contributed by atoms with Crippen LogP contribution in [0.2, 0.25) is 0 Å². The second-order valence-corrected chi connectivity index (χ2v) is 7.11. The summed E-state index contributed by atoms with van der Waals surface area (Å²) in [5.41, 5.74) is 0.773. The summed E-state index contributed by atoms with van der Waals surface area (Å²) in [7, 11) is 0. The van der Waals surface area contributed by atoms with E-state index in [-0.39, 0.29) is 41.3 Å². The van der Waals surface area contributed by atoms with Gasteiger partial charge in [0.25, 0.3) is 5.91 Å². The summed E-state index contributed by atoms with van der Waals surface area (Å²) >= 11 is 0. The number of carbonyl (C=O) groups is 2. The molecule has 1 saturated heterocycles. The van der Waals surface area contributed by atoms with E-state index in [2.05, 4.69) is 15.5 Å². The van der Waals surface area contributed by atoms with E-state index in [1.54, 1.807) is 29.2 Å². The molecule has 1 aliphatic heterocycles. The maximum atomic E-state index is 12.5. The lowest BCUT2D eigenvalue weighted by molar-refractivity contribution is -0.117. The zero-order chi connectivity index (χ0) is 21.4. The fourth-order valence-electron chi connectivity index (χ4n) is 3.56. The van der Waals surface area contributed by atoms with Gasteiger partial charge >= 0.3 is 6.01 Å². The van der Waals surface area contributed by atoms with E-state index in [9.17, 15) is 14.4 Å². The maximum Gasteiger partial charge on any atom is 0.322 e. The summed E-state index contributed by atoms with van der Waals surface area (Å²) in [5.74, 6) is -0.939. The summed E-state index contributed by atoms with van der Waals surface area (Å²) in [6.45, 7) is 0.401. The van der Waals surface area contributed by atoms with Crippen LogP contribution in [0.25, 0.3) is 11.0 Å². The van der Waals surface area contributed by atoms with Crippen molar-refractivity contribution in [3.63, 3.8) is 0 Å². The number of anilines is 2. The molecule has 9 nitrogen and oxygen atoms in total. The molecule has 0 radical (unpaired) electrons. The smallest absolute Gasteiger partial charge is 0.322 e. The van der Waals surface area contributed by atoms with Crippen molar-refractivity contribution in [3.05, 3.63) is 82.5 Å². The normalized spacial score (nSPS) is 16.1. The monoisotopic (exact) mass is 416 g/mol. The predicted octanol–water partition coefficient (Wildman–Crippen LogP) is 2.95. The second-order valence-electron chi connectivity index (χ2n) is 7.11. The van der Waals surface area contributed by atoms with Crippen LogP contribution in [0.3, 0.4) is 0 Å². The molecule has 2 aromatic carbocycles. The number of nitrogens with one attached hydrogen (secondary N) is 1. The molecule has 1 atom stereocenters. The number of hydrogen-bond acceptors (Lipinski definition) is 7. The highest BCUT2D eigenvalue weighted by Crippen LogP contribution is 2.31. The first kappa shape index (κ1) is 18.7. The Kier molecular flexibility index (Phi) is 4.55. The van der Waals surface area contributed by atoms with E-state index in [1.807, 2.05) is 30.3 Å². The van der Waals surface area contributed by atoms with Crippen molar-refractivity contribution in [1.29, 1.82) is 0 Å². The van der Waals surface area contributed by atoms with Crippen molar-refractivity contribution < 1.29 is 18.4 Å². The lowest BCUT2D eigenvalue weighted by Crippen LogP contribution is -2.24. The molecule has 1 unspecified atom stereocenters. The molecule has 5 rings (SSSR count). The number of para-hydroxylation sites is 2. The molecule has 3 heterocycles. The van der Waals surface area contributed by atoms with Gasteiger partial charge in [0.15, 0.2) is 11.2 Å². The molecule has 1 N–H and O–H groups in total. The minimum Gasteiger partial charge on any atom is -0.451 e. The average Bonchev–Trinajstić information content (AvgIpc) is 3.41. The van der Waals surface area contributed by atoms with E-state index in [0.717, 1.165) is 11.8 Å². The van der Waals surface area contributed by atoms with Crippen LogP contribution in [0.5, 0.6) is 0 Å². The predicted molar refractivity (Wildman–Crippen MR) is 111 cm³/mol. The maximum absolute atomic E-state index is 12.5. The van der Waals surface area contributed by atoms with Gasteiger partial charge in [-0.25, -0.2) is 0 Å². The molecule has 1 fully saturated rings. The Morgan fingerprint density at radius 1 is 1.00 bits per heavy atom. The number of carbonyl (C=O) groups excluding carboxylic acids is 2. The molecule has 154 valence electrons. The molecule has 0 saturated carbocycles. The van der Waals surface area contributed by atoms with Crippen LogP contribution in [-0.4, -0.2) is 28.6 Å². The summed E-state index contributed by atoms with van der Waals surface area (Å²) in [4.78, 5) is 38.7. The SMILES string of the molecule is O=C(Nc1nnc(C2CC(=O)N(c3ccccc3)C2)o1)c1cc(=O)c2ccccc2o1. The lowest BCUT2D eigenvalue weighted by Gasteiger charge is -2.15. The fourth-order valence-corrected chi connectivity index (χ4v) is 3.56. The molecule has 1 aliphatic rings. The van der Waals surface area contributed by atoms with Gasteiger partial charge in [0, 0.05) is 24.7 Å². The van der Waals surface area contributed by atoms with Crippen molar-refractivity contribution in [3.8, 4) is 0 Å². The molecule has 2 aromatic heterocycles. The van der Waals surface area contributed by atoms with Crippen LogP contribution in [0, 0.1) is 0 Å².